The molecule has 1 aromatic heterocycles. The summed E-state index contributed by atoms with van der Waals surface area (Å²) in [6.45, 7) is 8.19. The van der Waals surface area contributed by atoms with Crippen molar-refractivity contribution in [1.29, 1.82) is 0 Å². The van der Waals surface area contributed by atoms with Gasteiger partial charge in [-0.05, 0) is 39.3 Å². The van der Waals surface area contributed by atoms with Crippen molar-refractivity contribution in [1.82, 2.24) is 19.7 Å². The molecule has 5 heteroatoms. The lowest BCUT2D eigenvalue weighted by molar-refractivity contribution is 0.0230. The summed E-state index contributed by atoms with van der Waals surface area (Å²) in [5.74, 6) is 0.907. The number of aliphatic hydroxyl groups is 1. The van der Waals surface area contributed by atoms with Gasteiger partial charge in [0.2, 0.25) is 0 Å². The van der Waals surface area contributed by atoms with Crippen molar-refractivity contribution in [2.45, 2.75) is 51.7 Å². The lowest BCUT2D eigenvalue weighted by atomic mass is 9.91. The molecule has 5 nitrogen and oxygen atoms in total. The summed E-state index contributed by atoms with van der Waals surface area (Å²) in [4.78, 5) is 6.68. The summed E-state index contributed by atoms with van der Waals surface area (Å²) in [5, 5.41) is 14.9. The number of hydrogen-bond acceptors (Lipinski definition) is 4. The van der Waals surface area contributed by atoms with Crippen LogP contribution < -0.4 is 0 Å². The molecule has 18 heavy (non-hydrogen) atoms. The molecule has 2 heterocycles. The fourth-order valence-electron chi connectivity index (χ4n) is 2.71. The molecule has 1 aliphatic heterocycles. The molecule has 0 spiro atoms. The molecule has 0 saturated carbocycles. The highest BCUT2D eigenvalue weighted by atomic mass is 16.3. The molecule has 1 unspecified atom stereocenters. The third-order valence-corrected chi connectivity index (χ3v) is 3.94. The second-order valence-electron chi connectivity index (χ2n) is 5.18. The zero-order valence-corrected chi connectivity index (χ0v) is 11.5. The van der Waals surface area contributed by atoms with Gasteiger partial charge in [-0.25, -0.2) is 4.98 Å². The van der Waals surface area contributed by atoms with Gasteiger partial charge in [0, 0.05) is 19.5 Å². The second-order valence-corrected chi connectivity index (χ2v) is 5.18. The maximum absolute atomic E-state index is 10.7. The number of hydrogen-bond donors (Lipinski definition) is 1. The van der Waals surface area contributed by atoms with Gasteiger partial charge < -0.3 is 10.0 Å². The van der Waals surface area contributed by atoms with Crippen molar-refractivity contribution >= 4 is 0 Å². The van der Waals surface area contributed by atoms with Crippen molar-refractivity contribution in [3.8, 4) is 0 Å². The van der Waals surface area contributed by atoms with Gasteiger partial charge in [0.25, 0.3) is 0 Å². The highest BCUT2D eigenvalue weighted by Crippen LogP contribution is 2.25. The summed E-state index contributed by atoms with van der Waals surface area (Å²) in [5.41, 5.74) is -0.607. The van der Waals surface area contributed by atoms with Gasteiger partial charge in [-0.1, -0.05) is 6.92 Å². The van der Waals surface area contributed by atoms with Gasteiger partial charge in [0.05, 0.1) is 5.60 Å². The van der Waals surface area contributed by atoms with E-state index in [-0.39, 0.29) is 0 Å². The normalized spacial score (nSPS) is 26.2. The zero-order chi connectivity index (χ0) is 13.0. The van der Waals surface area contributed by atoms with Crippen LogP contribution in [0.4, 0.5) is 0 Å². The Bertz CT molecular complexity index is 379. The first-order valence-corrected chi connectivity index (χ1v) is 6.98. The van der Waals surface area contributed by atoms with Crippen LogP contribution in [0.2, 0.25) is 0 Å². The van der Waals surface area contributed by atoms with E-state index >= 15 is 0 Å². The third-order valence-electron chi connectivity index (χ3n) is 3.94. The topological polar surface area (TPSA) is 54.2 Å². The summed E-state index contributed by atoms with van der Waals surface area (Å²) in [6.07, 6.45) is 4.96. The first kappa shape index (κ1) is 13.5. The first-order chi connectivity index (χ1) is 8.67. The number of rotatable bonds is 4. The second kappa shape index (κ2) is 5.80. The molecular weight excluding hydrogens is 228 g/mol. The largest absolute Gasteiger partial charge is 0.389 e. The molecular formula is C13H24N4O. The molecule has 0 amide bonds. The highest BCUT2D eigenvalue weighted by molar-refractivity contribution is 4.96. The molecule has 0 radical (unpaired) electrons. The van der Waals surface area contributed by atoms with Gasteiger partial charge in [0.1, 0.15) is 12.2 Å². The molecule has 1 fully saturated rings. The van der Waals surface area contributed by atoms with Crippen molar-refractivity contribution in [2.75, 3.05) is 19.6 Å². The Labute approximate surface area is 109 Å². The molecule has 1 N–H and O–H groups in total. The fourth-order valence-corrected chi connectivity index (χ4v) is 2.71. The van der Waals surface area contributed by atoms with Crippen LogP contribution in [0.25, 0.3) is 0 Å². The molecule has 1 aliphatic rings. The Balaban J connectivity index is 2.03. The van der Waals surface area contributed by atoms with Crippen molar-refractivity contribution in [3.05, 3.63) is 12.2 Å². The van der Waals surface area contributed by atoms with Gasteiger partial charge in [0.15, 0.2) is 0 Å². The van der Waals surface area contributed by atoms with Gasteiger partial charge >= 0.3 is 0 Å². The smallest absolute Gasteiger partial charge is 0.138 e. The average molecular weight is 252 g/mol. The van der Waals surface area contributed by atoms with E-state index in [1.165, 1.54) is 0 Å². The van der Waals surface area contributed by atoms with Crippen molar-refractivity contribution in [2.24, 2.45) is 0 Å². The minimum absolute atomic E-state index is 0.607. The highest BCUT2D eigenvalue weighted by Gasteiger charge is 2.31. The lowest BCUT2D eigenvalue weighted by Crippen LogP contribution is -2.34. The van der Waals surface area contributed by atoms with E-state index in [1.807, 2.05) is 11.6 Å². The third kappa shape index (κ3) is 3.09. The van der Waals surface area contributed by atoms with Crippen molar-refractivity contribution < 1.29 is 5.11 Å². The van der Waals surface area contributed by atoms with Crippen LogP contribution in [-0.4, -0.2) is 50.0 Å². The molecule has 0 bridgehead atoms. The summed E-state index contributed by atoms with van der Waals surface area (Å²) in [6, 6.07) is 0. The monoisotopic (exact) mass is 252 g/mol. The Morgan fingerprint density at radius 2 is 2.11 bits per heavy atom. The molecule has 2 rings (SSSR count). The minimum atomic E-state index is -0.607. The number of likely N-dealkylation sites (tertiary alicyclic amines) is 1. The maximum atomic E-state index is 10.7. The molecule has 1 saturated heterocycles. The van der Waals surface area contributed by atoms with Gasteiger partial charge in [-0.15, -0.1) is 0 Å². The van der Waals surface area contributed by atoms with Crippen LogP contribution in [0.15, 0.2) is 6.33 Å². The number of aryl methyl sites for hydroxylation is 1. The van der Waals surface area contributed by atoms with Crippen LogP contribution in [0, 0.1) is 0 Å². The minimum Gasteiger partial charge on any atom is -0.389 e. The maximum Gasteiger partial charge on any atom is 0.138 e. The van der Waals surface area contributed by atoms with E-state index in [0.717, 1.165) is 51.3 Å². The quantitative estimate of drug-likeness (QED) is 0.871. The lowest BCUT2D eigenvalue weighted by Gasteiger charge is -2.26. The number of aromatic nitrogens is 3. The molecule has 0 aliphatic carbocycles. The number of nitrogens with zero attached hydrogens (tertiary/aromatic N) is 4. The average Bonchev–Trinajstić information content (AvgIpc) is 2.71. The predicted molar refractivity (Wildman–Crippen MR) is 70.3 cm³/mol. The Hall–Kier alpha value is -0.940. The van der Waals surface area contributed by atoms with Crippen molar-refractivity contribution in [3.63, 3.8) is 0 Å². The van der Waals surface area contributed by atoms with Gasteiger partial charge in [-0.3, -0.25) is 4.68 Å². The van der Waals surface area contributed by atoms with Gasteiger partial charge in [-0.2, -0.15) is 5.10 Å². The van der Waals surface area contributed by atoms with E-state index in [9.17, 15) is 5.11 Å². The predicted octanol–water partition coefficient (Wildman–Crippen LogP) is 1.08. The summed E-state index contributed by atoms with van der Waals surface area (Å²) >= 11 is 0. The van der Waals surface area contributed by atoms with Crippen LogP contribution in [0.1, 0.15) is 38.9 Å². The van der Waals surface area contributed by atoms with Crippen LogP contribution in [0.5, 0.6) is 0 Å². The zero-order valence-electron chi connectivity index (χ0n) is 11.5. The first-order valence-electron chi connectivity index (χ1n) is 6.98. The van der Waals surface area contributed by atoms with Crippen LogP contribution >= 0.6 is 0 Å². The van der Waals surface area contributed by atoms with E-state index in [0.29, 0.717) is 6.42 Å². The molecule has 1 aromatic rings. The standard InChI is InChI=1S/C13H24N4O/c1-3-16-8-5-6-13(18,7-9-16)10-12-14-11-15-17(12)4-2/h11,18H,3-10H2,1-2H3. The van der Waals surface area contributed by atoms with E-state index in [4.69, 9.17) is 0 Å². The van der Waals surface area contributed by atoms with E-state index < -0.39 is 5.60 Å². The fraction of sp³-hybridized carbons (Fsp3) is 0.846. The molecule has 102 valence electrons. The van der Waals surface area contributed by atoms with E-state index in [1.54, 1.807) is 6.33 Å². The van der Waals surface area contributed by atoms with E-state index in [2.05, 4.69) is 21.9 Å². The Morgan fingerprint density at radius 3 is 2.83 bits per heavy atom. The Kier molecular flexibility index (Phi) is 4.35. The Morgan fingerprint density at radius 1 is 1.28 bits per heavy atom. The van der Waals surface area contributed by atoms with Crippen LogP contribution in [0.3, 0.4) is 0 Å². The SMILES string of the molecule is CCN1CCCC(O)(Cc2ncnn2CC)CC1. The van der Waals surface area contributed by atoms with Crippen LogP contribution in [-0.2, 0) is 13.0 Å². The molecule has 1 atom stereocenters. The summed E-state index contributed by atoms with van der Waals surface area (Å²) < 4.78 is 1.88. The summed E-state index contributed by atoms with van der Waals surface area (Å²) in [7, 11) is 0. The molecule has 0 aromatic carbocycles.